The molecule has 1 heterocycles. The van der Waals surface area contributed by atoms with Gasteiger partial charge in [0, 0.05) is 50.7 Å². The van der Waals surface area contributed by atoms with Crippen molar-refractivity contribution in [3.05, 3.63) is 17.0 Å². The molecule has 0 radical (unpaired) electrons. The zero-order valence-electron chi connectivity index (χ0n) is 16.8. The molecular weight excluding hydrogens is 429 g/mol. The SMILES string of the molecule is CCc1noc(CC)c1CNC(=NC)NCCN(C(C)C)C(C)C.I. The molecule has 0 atom stereocenters. The fraction of sp³-hybridized carbons (Fsp3) is 0.778. The molecule has 7 heteroatoms. The summed E-state index contributed by atoms with van der Waals surface area (Å²) >= 11 is 0. The van der Waals surface area contributed by atoms with Gasteiger partial charge in [0.05, 0.1) is 5.69 Å². The van der Waals surface area contributed by atoms with Crippen LogP contribution in [0.2, 0.25) is 0 Å². The monoisotopic (exact) mass is 465 g/mol. The van der Waals surface area contributed by atoms with E-state index in [9.17, 15) is 0 Å². The Morgan fingerprint density at radius 2 is 1.76 bits per heavy atom. The highest BCUT2D eigenvalue weighted by Crippen LogP contribution is 2.15. The smallest absolute Gasteiger partial charge is 0.191 e. The molecule has 0 aliphatic heterocycles. The summed E-state index contributed by atoms with van der Waals surface area (Å²) < 4.78 is 5.41. The Morgan fingerprint density at radius 1 is 1.12 bits per heavy atom. The van der Waals surface area contributed by atoms with Crippen molar-refractivity contribution in [3.63, 3.8) is 0 Å². The van der Waals surface area contributed by atoms with E-state index in [0.717, 1.165) is 48.9 Å². The van der Waals surface area contributed by atoms with Crippen LogP contribution in [-0.2, 0) is 19.4 Å². The summed E-state index contributed by atoms with van der Waals surface area (Å²) in [5.74, 6) is 1.77. The molecule has 1 rings (SSSR count). The van der Waals surface area contributed by atoms with Crippen LogP contribution >= 0.6 is 24.0 Å². The summed E-state index contributed by atoms with van der Waals surface area (Å²) in [6, 6.07) is 1.08. The average Bonchev–Trinajstić information content (AvgIpc) is 2.95. The molecule has 0 aliphatic carbocycles. The third kappa shape index (κ3) is 7.52. The van der Waals surface area contributed by atoms with Gasteiger partial charge in [-0.1, -0.05) is 19.0 Å². The standard InChI is InChI=1S/C18H35N5O.HI/c1-8-16-15(17(9-2)24-22-16)12-21-18(19-7)20-10-11-23(13(3)4)14(5)6;/h13-14H,8-12H2,1-7H3,(H2,19,20,21);1H. The lowest BCUT2D eigenvalue weighted by Crippen LogP contribution is -2.45. The lowest BCUT2D eigenvalue weighted by Gasteiger charge is -2.30. The second-order valence-electron chi connectivity index (χ2n) is 6.52. The molecule has 0 saturated heterocycles. The fourth-order valence-electron chi connectivity index (χ4n) is 2.95. The Balaban J connectivity index is 0.00000576. The summed E-state index contributed by atoms with van der Waals surface area (Å²) in [7, 11) is 1.80. The van der Waals surface area contributed by atoms with Gasteiger partial charge in [0.2, 0.25) is 0 Å². The topological polar surface area (TPSA) is 65.7 Å². The van der Waals surface area contributed by atoms with Crippen molar-refractivity contribution in [2.45, 2.75) is 73.0 Å². The molecule has 6 nitrogen and oxygen atoms in total. The van der Waals surface area contributed by atoms with Gasteiger partial charge >= 0.3 is 0 Å². The Hall–Kier alpha value is -0.830. The molecule has 0 aromatic carbocycles. The van der Waals surface area contributed by atoms with Crippen LogP contribution in [0.4, 0.5) is 0 Å². The Morgan fingerprint density at radius 3 is 2.24 bits per heavy atom. The minimum Gasteiger partial charge on any atom is -0.361 e. The van der Waals surface area contributed by atoms with Crippen molar-refractivity contribution in [2.24, 2.45) is 4.99 Å². The molecular formula is C18H36IN5O. The number of nitrogens with one attached hydrogen (secondary N) is 2. The van der Waals surface area contributed by atoms with Gasteiger partial charge in [-0.25, -0.2) is 0 Å². The van der Waals surface area contributed by atoms with E-state index in [4.69, 9.17) is 4.52 Å². The van der Waals surface area contributed by atoms with E-state index in [-0.39, 0.29) is 24.0 Å². The second kappa shape index (κ2) is 12.5. The van der Waals surface area contributed by atoms with E-state index in [1.54, 1.807) is 7.05 Å². The van der Waals surface area contributed by atoms with Gasteiger partial charge in [0.15, 0.2) is 5.96 Å². The van der Waals surface area contributed by atoms with Crippen molar-refractivity contribution < 1.29 is 4.52 Å². The number of aliphatic imine (C=N–C) groups is 1. The maximum atomic E-state index is 5.41. The minimum atomic E-state index is 0. The van der Waals surface area contributed by atoms with Crippen LogP contribution in [0.1, 0.15) is 58.6 Å². The van der Waals surface area contributed by atoms with Crippen LogP contribution in [0, 0.1) is 0 Å². The van der Waals surface area contributed by atoms with Crippen molar-refractivity contribution in [2.75, 3.05) is 20.1 Å². The molecule has 1 aromatic rings. The molecule has 0 saturated carbocycles. The first-order chi connectivity index (χ1) is 11.4. The summed E-state index contributed by atoms with van der Waals surface area (Å²) in [4.78, 5) is 6.77. The zero-order valence-corrected chi connectivity index (χ0v) is 19.2. The van der Waals surface area contributed by atoms with Gasteiger partial charge < -0.3 is 15.2 Å². The molecule has 0 spiro atoms. The van der Waals surface area contributed by atoms with Gasteiger partial charge in [-0.3, -0.25) is 9.89 Å². The molecule has 0 unspecified atom stereocenters. The number of guanidine groups is 1. The van der Waals surface area contributed by atoms with Crippen molar-refractivity contribution >= 4 is 29.9 Å². The van der Waals surface area contributed by atoms with Crippen LogP contribution in [0.15, 0.2) is 9.52 Å². The first kappa shape index (κ1) is 24.2. The highest BCUT2D eigenvalue weighted by molar-refractivity contribution is 14.0. The third-order valence-corrected chi connectivity index (χ3v) is 4.25. The number of hydrogen-bond acceptors (Lipinski definition) is 4. The van der Waals surface area contributed by atoms with Gasteiger partial charge in [0.25, 0.3) is 0 Å². The van der Waals surface area contributed by atoms with E-state index in [1.807, 2.05) is 0 Å². The van der Waals surface area contributed by atoms with Crippen molar-refractivity contribution in [1.82, 2.24) is 20.7 Å². The summed E-state index contributed by atoms with van der Waals surface area (Å²) in [5.41, 5.74) is 2.19. The number of aromatic nitrogens is 1. The van der Waals surface area contributed by atoms with E-state index in [1.165, 1.54) is 0 Å². The molecule has 0 bridgehead atoms. The molecule has 0 aliphatic rings. The Labute approximate surface area is 170 Å². The molecule has 146 valence electrons. The van der Waals surface area contributed by atoms with Crippen LogP contribution in [-0.4, -0.2) is 48.2 Å². The van der Waals surface area contributed by atoms with Crippen LogP contribution in [0.25, 0.3) is 0 Å². The maximum Gasteiger partial charge on any atom is 0.191 e. The second-order valence-corrected chi connectivity index (χ2v) is 6.52. The zero-order chi connectivity index (χ0) is 18.1. The van der Waals surface area contributed by atoms with Crippen LogP contribution < -0.4 is 10.6 Å². The third-order valence-electron chi connectivity index (χ3n) is 4.25. The van der Waals surface area contributed by atoms with Gasteiger partial charge in [-0.05, 0) is 34.1 Å². The van der Waals surface area contributed by atoms with Crippen molar-refractivity contribution in [3.8, 4) is 0 Å². The summed E-state index contributed by atoms with van der Waals surface area (Å²) in [5, 5.41) is 10.9. The van der Waals surface area contributed by atoms with E-state index in [2.05, 4.69) is 67.2 Å². The maximum absolute atomic E-state index is 5.41. The molecule has 0 fully saturated rings. The largest absolute Gasteiger partial charge is 0.361 e. The van der Waals surface area contributed by atoms with Gasteiger partial charge in [-0.2, -0.15) is 0 Å². The quantitative estimate of drug-likeness (QED) is 0.333. The van der Waals surface area contributed by atoms with Crippen LogP contribution in [0.3, 0.4) is 0 Å². The summed E-state index contributed by atoms with van der Waals surface area (Å²) in [6.45, 7) is 15.7. The highest BCUT2D eigenvalue weighted by atomic mass is 127. The molecule has 0 amide bonds. The number of rotatable bonds is 9. The van der Waals surface area contributed by atoms with Crippen molar-refractivity contribution in [1.29, 1.82) is 0 Å². The number of aryl methyl sites for hydroxylation is 2. The fourth-order valence-corrected chi connectivity index (χ4v) is 2.95. The number of nitrogens with zero attached hydrogens (tertiary/aromatic N) is 3. The molecule has 25 heavy (non-hydrogen) atoms. The molecule has 2 N–H and O–H groups in total. The van der Waals surface area contributed by atoms with E-state index in [0.29, 0.717) is 18.6 Å². The first-order valence-electron chi connectivity index (χ1n) is 9.11. The highest BCUT2D eigenvalue weighted by Gasteiger charge is 2.15. The lowest BCUT2D eigenvalue weighted by atomic mass is 10.1. The van der Waals surface area contributed by atoms with Gasteiger partial charge in [-0.15, -0.1) is 24.0 Å². The number of hydrogen-bond donors (Lipinski definition) is 2. The Kier molecular flexibility index (Phi) is 12.1. The Bertz CT molecular complexity index is 484. The van der Waals surface area contributed by atoms with E-state index < -0.39 is 0 Å². The minimum absolute atomic E-state index is 0. The molecule has 1 aromatic heterocycles. The van der Waals surface area contributed by atoms with Crippen LogP contribution in [0.5, 0.6) is 0 Å². The predicted molar refractivity (Wildman–Crippen MR) is 116 cm³/mol. The van der Waals surface area contributed by atoms with Gasteiger partial charge in [0.1, 0.15) is 5.76 Å². The predicted octanol–water partition coefficient (Wildman–Crippen LogP) is 3.20. The van der Waals surface area contributed by atoms with E-state index >= 15 is 0 Å². The normalized spacial score (nSPS) is 12.0. The first-order valence-corrected chi connectivity index (χ1v) is 9.11. The average molecular weight is 465 g/mol. The summed E-state index contributed by atoms with van der Waals surface area (Å²) in [6.07, 6.45) is 1.73. The number of halogens is 1. The lowest BCUT2D eigenvalue weighted by molar-refractivity contribution is 0.178.